The summed E-state index contributed by atoms with van der Waals surface area (Å²) in [7, 11) is 0. The zero-order chi connectivity index (χ0) is 12.8. The van der Waals surface area contributed by atoms with Crippen molar-refractivity contribution in [2.75, 3.05) is 6.61 Å². The van der Waals surface area contributed by atoms with Crippen molar-refractivity contribution in [3.05, 3.63) is 0 Å². The van der Waals surface area contributed by atoms with Crippen LogP contribution in [0.5, 0.6) is 0 Å². The molecule has 0 aromatic heterocycles. The molecule has 0 saturated heterocycles. The van der Waals surface area contributed by atoms with Gasteiger partial charge in [0.15, 0.2) is 0 Å². The van der Waals surface area contributed by atoms with E-state index in [1.165, 1.54) is 25.7 Å². The molecule has 0 aliphatic rings. The average Bonchev–Trinajstić information content (AvgIpc) is 2.33. The van der Waals surface area contributed by atoms with Crippen LogP contribution in [0.15, 0.2) is 0 Å². The van der Waals surface area contributed by atoms with Gasteiger partial charge in [-0.1, -0.05) is 50.9 Å². The minimum Gasteiger partial charge on any atom is -0.393 e. The summed E-state index contributed by atoms with van der Waals surface area (Å²) in [6.07, 6.45) is 8.22. The van der Waals surface area contributed by atoms with Gasteiger partial charge in [0.2, 0.25) is 0 Å². The van der Waals surface area contributed by atoms with E-state index in [1.54, 1.807) is 0 Å². The van der Waals surface area contributed by atoms with Crippen molar-refractivity contribution in [3.8, 4) is 23.7 Å². The molecule has 1 atom stereocenters. The highest BCUT2D eigenvalue weighted by Crippen LogP contribution is 2.09. The van der Waals surface area contributed by atoms with Gasteiger partial charge in [-0.2, -0.15) is 0 Å². The van der Waals surface area contributed by atoms with Gasteiger partial charge in [0, 0.05) is 6.42 Å². The van der Waals surface area contributed by atoms with Gasteiger partial charge in [-0.3, -0.25) is 0 Å². The van der Waals surface area contributed by atoms with Gasteiger partial charge in [-0.05, 0) is 24.7 Å². The topological polar surface area (TPSA) is 40.5 Å². The van der Waals surface area contributed by atoms with Crippen LogP contribution in [0.25, 0.3) is 0 Å². The first-order chi connectivity index (χ1) is 8.31. The van der Waals surface area contributed by atoms with E-state index < -0.39 is 0 Å². The molecule has 0 aromatic carbocycles. The second-order valence-electron chi connectivity index (χ2n) is 4.16. The largest absolute Gasteiger partial charge is 0.393 e. The van der Waals surface area contributed by atoms with E-state index in [0.29, 0.717) is 6.42 Å². The predicted octanol–water partition coefficient (Wildman–Crippen LogP) is 2.49. The first-order valence-corrected chi connectivity index (χ1v) is 6.56. The molecule has 0 fully saturated rings. The zero-order valence-corrected chi connectivity index (χ0v) is 10.8. The molecule has 0 unspecified atom stereocenters. The van der Waals surface area contributed by atoms with Gasteiger partial charge in [0.1, 0.15) is 6.61 Å². The van der Waals surface area contributed by atoms with E-state index in [0.717, 1.165) is 19.3 Å². The quantitative estimate of drug-likeness (QED) is 0.502. The Bertz CT molecular complexity index is 275. The third-order valence-electron chi connectivity index (χ3n) is 2.56. The minimum absolute atomic E-state index is 0.144. The molecule has 96 valence electrons. The number of aliphatic hydroxyl groups is 2. The van der Waals surface area contributed by atoms with Gasteiger partial charge >= 0.3 is 0 Å². The molecule has 2 heteroatoms. The van der Waals surface area contributed by atoms with Crippen molar-refractivity contribution < 1.29 is 10.2 Å². The molecule has 0 heterocycles. The van der Waals surface area contributed by atoms with Crippen LogP contribution in [0.2, 0.25) is 0 Å². The van der Waals surface area contributed by atoms with Crippen LogP contribution in [0.1, 0.15) is 58.3 Å². The molecule has 2 nitrogen and oxygen atoms in total. The normalized spacial score (nSPS) is 11.0. The Morgan fingerprint density at radius 1 is 0.941 bits per heavy atom. The number of hydrogen-bond donors (Lipinski definition) is 2. The Kier molecular flexibility index (Phi) is 12.4. The smallest absolute Gasteiger partial charge is 0.105 e. The van der Waals surface area contributed by atoms with Crippen LogP contribution in [0.3, 0.4) is 0 Å². The molecule has 0 amide bonds. The van der Waals surface area contributed by atoms with Crippen molar-refractivity contribution in [2.24, 2.45) is 0 Å². The molecular formula is C15H24O2. The Hall–Kier alpha value is -0.960. The maximum atomic E-state index is 9.66. The minimum atomic E-state index is -0.225. The van der Waals surface area contributed by atoms with Crippen LogP contribution >= 0.6 is 0 Å². The molecule has 0 aromatic rings. The maximum Gasteiger partial charge on any atom is 0.105 e. The molecule has 0 rings (SSSR count). The van der Waals surface area contributed by atoms with Crippen LogP contribution < -0.4 is 0 Å². The Labute approximate surface area is 105 Å². The summed E-state index contributed by atoms with van der Waals surface area (Å²) >= 11 is 0. The van der Waals surface area contributed by atoms with Gasteiger partial charge in [0.25, 0.3) is 0 Å². The fourth-order valence-corrected chi connectivity index (χ4v) is 1.56. The van der Waals surface area contributed by atoms with Gasteiger partial charge < -0.3 is 10.2 Å². The first-order valence-electron chi connectivity index (χ1n) is 6.56. The van der Waals surface area contributed by atoms with Crippen molar-refractivity contribution in [2.45, 2.75) is 64.4 Å². The van der Waals surface area contributed by atoms with Crippen LogP contribution in [0.4, 0.5) is 0 Å². The van der Waals surface area contributed by atoms with Crippen molar-refractivity contribution in [1.82, 2.24) is 0 Å². The second-order valence-corrected chi connectivity index (χ2v) is 4.16. The molecule has 0 radical (unpaired) electrons. The summed E-state index contributed by atoms with van der Waals surface area (Å²) in [5.41, 5.74) is 0. The van der Waals surface area contributed by atoms with E-state index >= 15 is 0 Å². The number of rotatable bonds is 8. The van der Waals surface area contributed by atoms with E-state index in [4.69, 9.17) is 5.11 Å². The molecule has 0 spiro atoms. The fourth-order valence-electron chi connectivity index (χ4n) is 1.56. The first kappa shape index (κ1) is 16.0. The lowest BCUT2D eigenvalue weighted by atomic mass is 10.1. The van der Waals surface area contributed by atoms with Crippen LogP contribution in [-0.4, -0.2) is 22.9 Å². The Morgan fingerprint density at radius 3 is 2.35 bits per heavy atom. The molecule has 17 heavy (non-hydrogen) atoms. The fraction of sp³-hybridized carbons (Fsp3) is 0.733. The molecule has 2 N–H and O–H groups in total. The number of unbranched alkanes of at least 4 members (excludes halogenated alkanes) is 4. The standard InChI is InChI=1S/C15H24O2/c1-2-3-4-6-9-12-15(17)13-10-7-5-8-11-14-16/h15-17H,2-4,6,9-10,12-14H2,1H3/t15-/m1/s1. The predicted molar refractivity (Wildman–Crippen MR) is 71.3 cm³/mol. The summed E-state index contributed by atoms with van der Waals surface area (Å²) in [5.74, 6) is 10.5. The third kappa shape index (κ3) is 13.0. The molecule has 0 bridgehead atoms. The van der Waals surface area contributed by atoms with E-state index in [2.05, 4.69) is 30.6 Å². The van der Waals surface area contributed by atoms with Crippen molar-refractivity contribution in [1.29, 1.82) is 0 Å². The summed E-state index contributed by atoms with van der Waals surface area (Å²) in [4.78, 5) is 0. The lowest BCUT2D eigenvalue weighted by Crippen LogP contribution is -2.05. The molecular weight excluding hydrogens is 212 g/mol. The second kappa shape index (κ2) is 13.1. The molecule has 0 aliphatic heterocycles. The highest BCUT2D eigenvalue weighted by atomic mass is 16.3. The average molecular weight is 236 g/mol. The van der Waals surface area contributed by atoms with Gasteiger partial charge in [-0.25, -0.2) is 0 Å². The Balaban J connectivity index is 3.39. The lowest BCUT2D eigenvalue weighted by Gasteiger charge is -2.07. The Morgan fingerprint density at radius 2 is 1.65 bits per heavy atom. The number of hydrogen-bond acceptors (Lipinski definition) is 2. The van der Waals surface area contributed by atoms with Crippen LogP contribution in [-0.2, 0) is 0 Å². The summed E-state index contributed by atoms with van der Waals surface area (Å²) < 4.78 is 0. The van der Waals surface area contributed by atoms with E-state index in [-0.39, 0.29) is 12.7 Å². The maximum absolute atomic E-state index is 9.66. The van der Waals surface area contributed by atoms with Crippen molar-refractivity contribution in [3.63, 3.8) is 0 Å². The van der Waals surface area contributed by atoms with E-state index in [1.807, 2.05) is 0 Å². The van der Waals surface area contributed by atoms with Crippen LogP contribution in [0, 0.1) is 23.7 Å². The molecule has 0 aliphatic carbocycles. The summed E-state index contributed by atoms with van der Waals surface area (Å²) in [5, 5.41) is 18.1. The zero-order valence-electron chi connectivity index (χ0n) is 10.8. The van der Waals surface area contributed by atoms with Gasteiger partial charge in [-0.15, -0.1) is 0 Å². The van der Waals surface area contributed by atoms with Gasteiger partial charge in [0.05, 0.1) is 6.10 Å². The third-order valence-corrected chi connectivity index (χ3v) is 2.56. The highest BCUT2D eigenvalue weighted by molar-refractivity contribution is 5.25. The molecule has 0 saturated carbocycles. The van der Waals surface area contributed by atoms with E-state index in [9.17, 15) is 5.11 Å². The lowest BCUT2D eigenvalue weighted by molar-refractivity contribution is 0.152. The summed E-state index contributed by atoms with van der Waals surface area (Å²) in [6, 6.07) is 0. The highest BCUT2D eigenvalue weighted by Gasteiger charge is 2.01. The SMILES string of the molecule is CCCCCCC[C@@H](O)CCC#CC#CCO. The summed E-state index contributed by atoms with van der Waals surface area (Å²) in [6.45, 7) is 2.06. The monoisotopic (exact) mass is 236 g/mol. The number of aliphatic hydroxyl groups excluding tert-OH is 2. The van der Waals surface area contributed by atoms with Crippen molar-refractivity contribution >= 4 is 0 Å².